The van der Waals surface area contributed by atoms with E-state index in [9.17, 15) is 9.59 Å². The van der Waals surface area contributed by atoms with Gasteiger partial charge < -0.3 is 32.7 Å². The first-order valence-electron chi connectivity index (χ1n) is 12.0. The van der Waals surface area contributed by atoms with E-state index in [-0.39, 0.29) is 12.1 Å². The summed E-state index contributed by atoms with van der Waals surface area (Å²) in [6, 6.07) is 21.3. The van der Waals surface area contributed by atoms with Crippen LogP contribution < -0.4 is 37.3 Å². The molecule has 1 aromatic heterocycles. The molecule has 0 fully saturated rings. The lowest BCUT2D eigenvalue weighted by Gasteiger charge is -2.14. The van der Waals surface area contributed by atoms with Crippen molar-refractivity contribution < 1.29 is 14.2 Å². The summed E-state index contributed by atoms with van der Waals surface area (Å²) in [6.45, 7) is 4.34. The molecule has 0 unspecified atom stereocenters. The number of amides is 4. The van der Waals surface area contributed by atoms with Crippen LogP contribution >= 0.6 is 0 Å². The number of nitrogens with zero attached hydrogens (tertiary/aromatic N) is 1. The number of rotatable bonds is 8. The van der Waals surface area contributed by atoms with E-state index in [2.05, 4.69) is 44.9 Å². The lowest BCUT2D eigenvalue weighted by Crippen LogP contribution is -2.37. The maximum Gasteiger partial charge on any atom is 0.319 e. The predicted molar refractivity (Wildman–Crippen MR) is 145 cm³/mol. The molecule has 1 heterocycles. The van der Waals surface area contributed by atoms with Gasteiger partial charge in [0, 0.05) is 54.6 Å². The summed E-state index contributed by atoms with van der Waals surface area (Å²) < 4.78 is 2.23. The fourth-order valence-electron chi connectivity index (χ4n) is 4.34. The van der Waals surface area contributed by atoms with Crippen molar-refractivity contribution in [2.45, 2.75) is 13.5 Å². The van der Waals surface area contributed by atoms with Crippen molar-refractivity contribution in [1.29, 1.82) is 0 Å². The molecule has 4 aromatic rings. The van der Waals surface area contributed by atoms with E-state index in [1.165, 1.54) is 0 Å². The molecule has 0 aliphatic heterocycles. The molecule has 0 atom stereocenters. The van der Waals surface area contributed by atoms with E-state index in [1.807, 2.05) is 54.6 Å². The Morgan fingerprint density at radius 3 is 1.92 bits per heavy atom. The molecule has 0 saturated carbocycles. The van der Waals surface area contributed by atoms with Crippen molar-refractivity contribution in [3.05, 3.63) is 66.7 Å². The summed E-state index contributed by atoms with van der Waals surface area (Å²) in [5.74, 6) is 0. The Balaban J connectivity index is 1.89. The quantitative estimate of drug-likeness (QED) is 0.168. The molecule has 36 heavy (non-hydrogen) atoms. The lowest BCUT2D eigenvalue weighted by atomic mass is 9.98. The summed E-state index contributed by atoms with van der Waals surface area (Å²) in [4.78, 5) is 24.5. The predicted octanol–water partition coefficient (Wildman–Crippen LogP) is 3.13. The molecule has 0 saturated heterocycles. The summed E-state index contributed by atoms with van der Waals surface area (Å²) >= 11 is 0. The Morgan fingerprint density at radius 1 is 0.750 bits per heavy atom. The van der Waals surface area contributed by atoms with Gasteiger partial charge in [0.25, 0.3) is 0 Å². The molecule has 4 amide bonds. The van der Waals surface area contributed by atoms with Gasteiger partial charge in [-0.2, -0.15) is 4.57 Å². The van der Waals surface area contributed by atoms with Gasteiger partial charge >= 0.3 is 12.1 Å². The summed E-state index contributed by atoms with van der Waals surface area (Å²) in [6.07, 6.45) is 0. The van der Waals surface area contributed by atoms with Crippen molar-refractivity contribution in [3.63, 3.8) is 0 Å². The highest BCUT2D eigenvalue weighted by Gasteiger charge is 2.23. The molecular weight excluding hydrogens is 454 g/mol. The van der Waals surface area contributed by atoms with Crippen molar-refractivity contribution >= 4 is 45.1 Å². The number of nitrogens with one attached hydrogen (secondary N) is 4. The fourth-order valence-corrected chi connectivity index (χ4v) is 4.34. The molecule has 4 rings (SSSR count). The smallest absolute Gasteiger partial charge is 0.319 e. The average Bonchev–Trinajstić information content (AvgIpc) is 2.90. The second kappa shape index (κ2) is 11.5. The number of pyridine rings is 1. The maximum atomic E-state index is 12.3. The number of hydrogen-bond donors (Lipinski definition) is 6. The zero-order valence-electron chi connectivity index (χ0n) is 20.3. The third-order valence-electron chi connectivity index (χ3n) is 5.86. The van der Waals surface area contributed by atoms with E-state index in [4.69, 9.17) is 11.5 Å². The monoisotopic (exact) mass is 486 g/mol. The van der Waals surface area contributed by atoms with E-state index in [0.29, 0.717) is 44.1 Å². The first-order chi connectivity index (χ1) is 17.5. The van der Waals surface area contributed by atoms with Gasteiger partial charge in [0.2, 0.25) is 11.2 Å². The first kappa shape index (κ1) is 24.9. The number of aromatic nitrogens is 1. The van der Waals surface area contributed by atoms with Gasteiger partial charge in [-0.05, 0) is 43.3 Å². The van der Waals surface area contributed by atoms with E-state index >= 15 is 0 Å². The standard InChI is InChI=1S/C27H31N7O2/c1-2-34-24-17-20(33-27(36)31-15-13-29)9-11-22(24)21-10-8-19(32-26(35)30-14-12-28)16-23(21)25(34)18-6-4-3-5-7-18/h3-11,16-17H,2,12-15,28-29H2,1H3,(H3,30,31,32,35,36)/p+1. The SMILES string of the molecule is CC[n+]1c(-c2ccccc2)c2cc(NC(=O)NCCN)ccc2c2ccc(NC(=O)NCCN)cc21. The minimum Gasteiger partial charge on any atom is -0.337 e. The Morgan fingerprint density at radius 2 is 1.33 bits per heavy atom. The molecule has 8 N–H and O–H groups in total. The molecule has 0 bridgehead atoms. The largest absolute Gasteiger partial charge is 0.337 e. The second-order valence-electron chi connectivity index (χ2n) is 8.29. The minimum absolute atomic E-state index is 0.296. The molecule has 0 spiro atoms. The van der Waals surface area contributed by atoms with Crippen LogP contribution in [0.1, 0.15) is 6.92 Å². The normalized spacial score (nSPS) is 10.9. The number of carbonyl (C=O) groups excluding carboxylic acids is 2. The van der Waals surface area contributed by atoms with Crippen LogP contribution in [-0.2, 0) is 6.54 Å². The molecule has 0 radical (unpaired) electrons. The number of urea groups is 2. The lowest BCUT2D eigenvalue weighted by molar-refractivity contribution is -0.655. The maximum absolute atomic E-state index is 12.3. The van der Waals surface area contributed by atoms with Gasteiger partial charge in [-0.15, -0.1) is 0 Å². The van der Waals surface area contributed by atoms with Crippen molar-refractivity contribution in [1.82, 2.24) is 10.6 Å². The number of nitrogens with two attached hydrogens (primary N) is 2. The number of fused-ring (bicyclic) bond motifs is 3. The van der Waals surface area contributed by atoms with Crippen LogP contribution in [0.3, 0.4) is 0 Å². The van der Waals surface area contributed by atoms with Gasteiger partial charge in [0.1, 0.15) is 6.54 Å². The highest BCUT2D eigenvalue weighted by molar-refractivity contribution is 6.11. The van der Waals surface area contributed by atoms with Gasteiger partial charge in [0.15, 0.2) is 0 Å². The zero-order valence-corrected chi connectivity index (χ0v) is 20.3. The Hall–Kier alpha value is -4.21. The van der Waals surface area contributed by atoms with E-state index in [1.54, 1.807) is 0 Å². The molecule has 9 heteroatoms. The molecule has 186 valence electrons. The highest BCUT2D eigenvalue weighted by atomic mass is 16.2. The summed E-state index contributed by atoms with van der Waals surface area (Å²) in [5.41, 5.74) is 15.4. The molecular formula is C27H32N7O2+. The molecule has 9 nitrogen and oxygen atoms in total. The van der Waals surface area contributed by atoms with Crippen molar-refractivity contribution in [2.75, 3.05) is 36.8 Å². The molecule has 0 aliphatic carbocycles. The topological polar surface area (TPSA) is 138 Å². The number of aryl methyl sites for hydroxylation is 1. The molecule has 3 aromatic carbocycles. The Labute approximate surface area is 209 Å². The van der Waals surface area contributed by atoms with Crippen LogP contribution in [0.2, 0.25) is 0 Å². The third kappa shape index (κ3) is 5.37. The van der Waals surface area contributed by atoms with Gasteiger partial charge in [0.05, 0.1) is 10.8 Å². The van der Waals surface area contributed by atoms with Crippen LogP contribution in [0.4, 0.5) is 21.0 Å². The van der Waals surface area contributed by atoms with Crippen LogP contribution in [0.15, 0.2) is 66.7 Å². The van der Waals surface area contributed by atoms with Gasteiger partial charge in [-0.25, -0.2) is 9.59 Å². The number of hydrogen-bond acceptors (Lipinski definition) is 4. The number of carbonyl (C=O) groups is 2. The Bertz CT molecular complexity index is 1390. The fraction of sp³-hybridized carbons (Fsp3) is 0.222. The van der Waals surface area contributed by atoms with E-state index in [0.717, 1.165) is 32.9 Å². The third-order valence-corrected chi connectivity index (χ3v) is 5.86. The zero-order chi connectivity index (χ0) is 25.5. The van der Waals surface area contributed by atoms with Crippen molar-refractivity contribution in [2.24, 2.45) is 11.5 Å². The number of anilines is 2. The summed E-state index contributed by atoms with van der Waals surface area (Å²) in [5, 5.41) is 14.4. The van der Waals surface area contributed by atoms with Crippen LogP contribution in [0.5, 0.6) is 0 Å². The van der Waals surface area contributed by atoms with Crippen LogP contribution in [0.25, 0.3) is 32.9 Å². The summed E-state index contributed by atoms with van der Waals surface area (Å²) in [7, 11) is 0. The van der Waals surface area contributed by atoms with Crippen molar-refractivity contribution in [3.8, 4) is 11.3 Å². The average molecular weight is 487 g/mol. The highest BCUT2D eigenvalue weighted by Crippen LogP contribution is 2.34. The van der Waals surface area contributed by atoms with Crippen LogP contribution in [-0.4, -0.2) is 38.2 Å². The second-order valence-corrected chi connectivity index (χ2v) is 8.29. The van der Waals surface area contributed by atoms with Gasteiger partial charge in [-0.1, -0.05) is 24.3 Å². The van der Waals surface area contributed by atoms with Crippen LogP contribution in [0, 0.1) is 0 Å². The molecule has 0 aliphatic rings. The van der Waals surface area contributed by atoms with E-state index < -0.39 is 0 Å². The Kier molecular flexibility index (Phi) is 7.94. The minimum atomic E-state index is -0.297. The first-order valence-corrected chi connectivity index (χ1v) is 12.0. The number of benzene rings is 3. The van der Waals surface area contributed by atoms with Gasteiger partial charge in [-0.3, -0.25) is 0 Å².